The molecule has 0 aliphatic rings. The summed E-state index contributed by atoms with van der Waals surface area (Å²) in [5.41, 5.74) is -0.353. The first-order valence-corrected chi connectivity index (χ1v) is 7.74. The Kier molecular flexibility index (Phi) is 4.18. The van der Waals surface area contributed by atoms with Crippen molar-refractivity contribution in [3.8, 4) is 0 Å². The number of halogens is 2. The standard InChI is InChI=1S/C15H12F2O3S/c1-10-5-2-3-8-14(10)21(19,20)9-13(18)15-11(16)6-4-7-12(15)17/h2-8H,9H2,1H3. The van der Waals surface area contributed by atoms with E-state index in [4.69, 9.17) is 0 Å². The van der Waals surface area contributed by atoms with Gasteiger partial charge in [-0.3, -0.25) is 4.79 Å². The number of rotatable bonds is 4. The lowest BCUT2D eigenvalue weighted by atomic mass is 10.1. The second-order valence-electron chi connectivity index (χ2n) is 4.54. The Hall–Kier alpha value is -2.08. The molecule has 0 amide bonds. The van der Waals surface area contributed by atoms with E-state index in [2.05, 4.69) is 0 Å². The number of carbonyl (C=O) groups is 1. The lowest BCUT2D eigenvalue weighted by molar-refractivity contribution is 0.101. The van der Waals surface area contributed by atoms with Gasteiger partial charge in [0.1, 0.15) is 17.4 Å². The van der Waals surface area contributed by atoms with Gasteiger partial charge in [-0.1, -0.05) is 24.3 Å². The highest BCUT2D eigenvalue weighted by Gasteiger charge is 2.25. The van der Waals surface area contributed by atoms with Crippen LogP contribution in [0.5, 0.6) is 0 Å². The molecule has 0 radical (unpaired) electrons. The van der Waals surface area contributed by atoms with Gasteiger partial charge in [-0.05, 0) is 30.7 Å². The number of Topliss-reactive ketones (excluding diaryl/α,β-unsaturated/α-hetero) is 1. The number of hydrogen-bond donors (Lipinski definition) is 0. The van der Waals surface area contributed by atoms with Gasteiger partial charge in [-0.25, -0.2) is 17.2 Å². The van der Waals surface area contributed by atoms with Gasteiger partial charge in [0.25, 0.3) is 0 Å². The van der Waals surface area contributed by atoms with Gasteiger partial charge in [0.2, 0.25) is 0 Å². The summed E-state index contributed by atoms with van der Waals surface area (Å²) in [4.78, 5) is 11.9. The first-order valence-electron chi connectivity index (χ1n) is 6.08. The van der Waals surface area contributed by atoms with Crippen LogP contribution >= 0.6 is 0 Å². The smallest absolute Gasteiger partial charge is 0.186 e. The van der Waals surface area contributed by atoms with Crippen LogP contribution in [0.2, 0.25) is 0 Å². The molecule has 0 saturated heterocycles. The minimum Gasteiger partial charge on any atom is -0.293 e. The van der Waals surface area contributed by atoms with Crippen molar-refractivity contribution in [1.82, 2.24) is 0 Å². The minimum absolute atomic E-state index is 0.0184. The van der Waals surface area contributed by atoms with Crippen molar-refractivity contribution in [2.24, 2.45) is 0 Å². The Labute approximate surface area is 121 Å². The quantitative estimate of drug-likeness (QED) is 0.816. The molecule has 21 heavy (non-hydrogen) atoms. The zero-order valence-corrected chi connectivity index (χ0v) is 12.0. The molecule has 0 fully saturated rings. The highest BCUT2D eigenvalue weighted by atomic mass is 32.2. The first-order chi connectivity index (χ1) is 9.83. The van der Waals surface area contributed by atoms with Crippen LogP contribution in [0.3, 0.4) is 0 Å². The third-order valence-corrected chi connectivity index (χ3v) is 4.76. The van der Waals surface area contributed by atoms with E-state index >= 15 is 0 Å². The van der Waals surface area contributed by atoms with Gasteiger partial charge in [-0.15, -0.1) is 0 Å². The molecule has 0 N–H and O–H groups in total. The molecule has 3 nitrogen and oxygen atoms in total. The largest absolute Gasteiger partial charge is 0.293 e. The molecule has 0 atom stereocenters. The van der Waals surface area contributed by atoms with E-state index < -0.39 is 38.6 Å². The van der Waals surface area contributed by atoms with Crippen LogP contribution in [0.1, 0.15) is 15.9 Å². The average Bonchev–Trinajstić information content (AvgIpc) is 2.38. The van der Waals surface area contributed by atoms with E-state index in [1.807, 2.05) is 0 Å². The topological polar surface area (TPSA) is 51.2 Å². The Bertz CT molecular complexity index is 778. The van der Waals surface area contributed by atoms with Crippen molar-refractivity contribution >= 4 is 15.6 Å². The van der Waals surface area contributed by atoms with E-state index in [1.165, 1.54) is 12.1 Å². The van der Waals surface area contributed by atoms with E-state index in [0.717, 1.165) is 18.2 Å². The fraction of sp³-hybridized carbons (Fsp3) is 0.133. The number of hydrogen-bond acceptors (Lipinski definition) is 3. The molecule has 2 rings (SSSR count). The highest BCUT2D eigenvalue weighted by molar-refractivity contribution is 7.92. The highest BCUT2D eigenvalue weighted by Crippen LogP contribution is 2.19. The molecule has 110 valence electrons. The molecule has 0 unspecified atom stereocenters. The predicted molar refractivity (Wildman–Crippen MR) is 73.9 cm³/mol. The van der Waals surface area contributed by atoms with Crippen molar-refractivity contribution in [2.75, 3.05) is 5.75 Å². The van der Waals surface area contributed by atoms with Crippen LogP contribution in [-0.2, 0) is 9.84 Å². The van der Waals surface area contributed by atoms with Crippen molar-refractivity contribution in [2.45, 2.75) is 11.8 Å². The maximum atomic E-state index is 13.5. The van der Waals surface area contributed by atoms with Crippen molar-refractivity contribution in [3.05, 3.63) is 65.2 Å². The van der Waals surface area contributed by atoms with Gasteiger partial charge in [0, 0.05) is 0 Å². The van der Waals surface area contributed by atoms with Crippen LogP contribution < -0.4 is 0 Å². The van der Waals surface area contributed by atoms with Gasteiger partial charge >= 0.3 is 0 Å². The Balaban J connectivity index is 2.38. The number of ketones is 1. The number of carbonyl (C=O) groups excluding carboxylic acids is 1. The third-order valence-electron chi connectivity index (χ3n) is 2.99. The Morgan fingerprint density at radius 1 is 1.00 bits per heavy atom. The SMILES string of the molecule is Cc1ccccc1S(=O)(=O)CC(=O)c1c(F)cccc1F. The van der Waals surface area contributed by atoms with Crippen LogP contribution in [0.4, 0.5) is 8.78 Å². The molecule has 0 aliphatic heterocycles. The van der Waals surface area contributed by atoms with Gasteiger partial charge in [-0.2, -0.15) is 0 Å². The Morgan fingerprint density at radius 2 is 1.57 bits per heavy atom. The fourth-order valence-electron chi connectivity index (χ4n) is 1.99. The first kappa shape index (κ1) is 15.3. The van der Waals surface area contributed by atoms with E-state index in [9.17, 15) is 22.0 Å². The summed E-state index contributed by atoms with van der Waals surface area (Å²) in [6.07, 6.45) is 0. The molecular weight excluding hydrogens is 298 g/mol. The molecule has 0 saturated carbocycles. The zero-order chi connectivity index (χ0) is 15.6. The number of benzene rings is 2. The second kappa shape index (κ2) is 5.73. The number of aryl methyl sites for hydroxylation is 1. The maximum Gasteiger partial charge on any atom is 0.186 e. The maximum absolute atomic E-state index is 13.5. The second-order valence-corrected chi connectivity index (χ2v) is 6.50. The van der Waals surface area contributed by atoms with E-state index in [-0.39, 0.29) is 4.90 Å². The fourth-order valence-corrected chi connectivity index (χ4v) is 3.48. The molecule has 2 aromatic rings. The minimum atomic E-state index is -3.95. The molecule has 2 aromatic carbocycles. The summed E-state index contributed by atoms with van der Waals surface area (Å²) < 4.78 is 51.4. The lowest BCUT2D eigenvalue weighted by Crippen LogP contribution is -2.19. The summed E-state index contributed by atoms with van der Waals surface area (Å²) >= 11 is 0. The molecule has 0 aromatic heterocycles. The zero-order valence-electron chi connectivity index (χ0n) is 11.1. The third kappa shape index (κ3) is 3.16. The van der Waals surface area contributed by atoms with Crippen LogP contribution in [0.15, 0.2) is 47.4 Å². The van der Waals surface area contributed by atoms with Crippen LogP contribution in [0, 0.1) is 18.6 Å². The predicted octanol–water partition coefficient (Wildman–Crippen LogP) is 2.93. The number of sulfone groups is 1. The molecular formula is C15H12F2O3S. The van der Waals surface area contributed by atoms with Gasteiger partial charge in [0.15, 0.2) is 15.6 Å². The molecule has 0 heterocycles. The molecule has 6 heteroatoms. The Morgan fingerprint density at radius 3 is 2.14 bits per heavy atom. The van der Waals surface area contributed by atoms with Gasteiger partial charge < -0.3 is 0 Å². The average molecular weight is 310 g/mol. The molecule has 0 aliphatic carbocycles. The normalized spacial score (nSPS) is 11.4. The van der Waals surface area contributed by atoms with Gasteiger partial charge in [0.05, 0.1) is 10.5 Å². The van der Waals surface area contributed by atoms with E-state index in [1.54, 1.807) is 19.1 Å². The lowest BCUT2D eigenvalue weighted by Gasteiger charge is -2.08. The van der Waals surface area contributed by atoms with E-state index in [0.29, 0.717) is 5.56 Å². The van der Waals surface area contributed by atoms with Crippen molar-refractivity contribution < 1.29 is 22.0 Å². The summed E-state index contributed by atoms with van der Waals surface area (Å²) in [5.74, 6) is -4.22. The van der Waals surface area contributed by atoms with Crippen LogP contribution in [0.25, 0.3) is 0 Å². The molecule has 0 spiro atoms. The van der Waals surface area contributed by atoms with Crippen LogP contribution in [-0.4, -0.2) is 20.0 Å². The summed E-state index contributed by atoms with van der Waals surface area (Å²) in [7, 11) is -3.95. The monoisotopic (exact) mass is 310 g/mol. The summed E-state index contributed by atoms with van der Waals surface area (Å²) in [5, 5.41) is 0. The summed E-state index contributed by atoms with van der Waals surface area (Å²) in [6.45, 7) is 1.58. The van der Waals surface area contributed by atoms with Crippen molar-refractivity contribution in [3.63, 3.8) is 0 Å². The summed E-state index contributed by atoms with van der Waals surface area (Å²) in [6, 6.07) is 9.06. The van der Waals surface area contributed by atoms with Crippen molar-refractivity contribution in [1.29, 1.82) is 0 Å². The molecule has 0 bridgehead atoms.